The van der Waals surface area contributed by atoms with Crippen LogP contribution in [0.5, 0.6) is 0 Å². The van der Waals surface area contributed by atoms with E-state index in [1.54, 1.807) is 42.7 Å². The van der Waals surface area contributed by atoms with Gasteiger partial charge in [0.25, 0.3) is 11.5 Å². The van der Waals surface area contributed by atoms with E-state index in [1.807, 2.05) is 6.92 Å². The summed E-state index contributed by atoms with van der Waals surface area (Å²) in [7, 11) is 1.53. The summed E-state index contributed by atoms with van der Waals surface area (Å²) in [6.45, 7) is 1.82. The van der Waals surface area contributed by atoms with Crippen LogP contribution in [0.1, 0.15) is 29.2 Å². The Morgan fingerprint density at radius 2 is 1.95 bits per heavy atom. The number of furan rings is 1. The third-order valence-corrected chi connectivity index (χ3v) is 3.49. The molecule has 0 unspecified atom stereocenters. The van der Waals surface area contributed by atoms with Gasteiger partial charge in [-0.3, -0.25) is 9.59 Å². The van der Waals surface area contributed by atoms with E-state index in [0.29, 0.717) is 16.5 Å². The molecule has 0 aliphatic carbocycles. The number of hydrogen-bond donors (Lipinski definition) is 1. The smallest absolute Gasteiger partial charge is 0.274 e. The lowest BCUT2D eigenvalue weighted by Crippen LogP contribution is -2.31. The minimum atomic E-state index is -0.351. The van der Waals surface area contributed by atoms with E-state index in [2.05, 4.69) is 10.4 Å². The Morgan fingerprint density at radius 3 is 2.64 bits per heavy atom. The summed E-state index contributed by atoms with van der Waals surface area (Å²) in [6, 6.07) is 10.2. The van der Waals surface area contributed by atoms with Gasteiger partial charge in [-0.05, 0) is 25.1 Å². The quantitative estimate of drug-likeness (QED) is 0.802. The number of amides is 1. The Morgan fingerprint density at radius 1 is 1.23 bits per heavy atom. The third kappa shape index (κ3) is 2.39. The van der Waals surface area contributed by atoms with E-state index in [9.17, 15) is 9.59 Å². The zero-order chi connectivity index (χ0) is 15.7. The van der Waals surface area contributed by atoms with Crippen LogP contribution in [0.4, 0.5) is 0 Å². The number of hydrogen-bond acceptors (Lipinski definition) is 4. The van der Waals surface area contributed by atoms with Gasteiger partial charge in [-0.25, -0.2) is 4.68 Å². The molecule has 1 atom stereocenters. The fourth-order valence-electron chi connectivity index (χ4n) is 2.34. The van der Waals surface area contributed by atoms with Crippen molar-refractivity contribution in [2.24, 2.45) is 7.05 Å². The van der Waals surface area contributed by atoms with Crippen molar-refractivity contribution in [1.82, 2.24) is 15.1 Å². The number of carbonyl (C=O) groups is 1. The first-order chi connectivity index (χ1) is 10.6. The molecule has 3 rings (SSSR count). The fraction of sp³-hybridized carbons (Fsp3) is 0.188. The predicted molar refractivity (Wildman–Crippen MR) is 81.6 cm³/mol. The molecule has 1 aromatic carbocycles. The van der Waals surface area contributed by atoms with Crippen molar-refractivity contribution in [3.05, 3.63) is 64.5 Å². The van der Waals surface area contributed by atoms with Gasteiger partial charge in [-0.15, -0.1) is 0 Å². The van der Waals surface area contributed by atoms with Gasteiger partial charge in [0, 0.05) is 12.4 Å². The second kappa shape index (κ2) is 5.48. The number of benzene rings is 1. The van der Waals surface area contributed by atoms with E-state index in [4.69, 9.17) is 4.42 Å². The number of nitrogens with one attached hydrogen (secondary N) is 1. The molecule has 1 N–H and O–H groups in total. The molecule has 6 nitrogen and oxygen atoms in total. The highest BCUT2D eigenvalue weighted by Gasteiger charge is 2.18. The largest absolute Gasteiger partial charge is 0.467 e. The van der Waals surface area contributed by atoms with E-state index in [-0.39, 0.29) is 23.2 Å². The maximum absolute atomic E-state index is 12.5. The molecule has 2 aromatic heterocycles. The molecule has 22 heavy (non-hydrogen) atoms. The summed E-state index contributed by atoms with van der Waals surface area (Å²) < 4.78 is 6.45. The Bertz CT molecular complexity index is 881. The van der Waals surface area contributed by atoms with Crippen molar-refractivity contribution < 1.29 is 9.21 Å². The summed E-state index contributed by atoms with van der Waals surface area (Å²) in [6.07, 6.45) is 1.55. The van der Waals surface area contributed by atoms with Crippen LogP contribution in [0.2, 0.25) is 0 Å². The first-order valence-electron chi connectivity index (χ1n) is 6.88. The minimum Gasteiger partial charge on any atom is -0.467 e. The zero-order valence-electron chi connectivity index (χ0n) is 12.2. The van der Waals surface area contributed by atoms with Crippen LogP contribution >= 0.6 is 0 Å². The lowest BCUT2D eigenvalue weighted by Gasteiger charge is -2.12. The monoisotopic (exact) mass is 297 g/mol. The summed E-state index contributed by atoms with van der Waals surface area (Å²) >= 11 is 0. The Labute approximate surface area is 126 Å². The average molecular weight is 297 g/mol. The van der Waals surface area contributed by atoms with Crippen LogP contribution in [0.25, 0.3) is 10.8 Å². The highest BCUT2D eigenvalue weighted by Crippen LogP contribution is 2.16. The molecule has 1 amide bonds. The SMILES string of the molecule is C[C@H](NC(=O)c1nn(C)c(=O)c2ccccc12)c1ccco1. The second-order valence-electron chi connectivity index (χ2n) is 5.03. The lowest BCUT2D eigenvalue weighted by molar-refractivity contribution is 0.0930. The van der Waals surface area contributed by atoms with E-state index in [1.165, 1.54) is 11.7 Å². The maximum atomic E-state index is 12.5. The standard InChI is InChI=1S/C16H15N3O3/c1-10(13-8-5-9-22-13)17-15(20)14-11-6-3-4-7-12(11)16(21)19(2)18-14/h3-10H,1-2H3,(H,17,20)/t10-/m0/s1. The van der Waals surface area contributed by atoms with Crippen molar-refractivity contribution >= 4 is 16.7 Å². The van der Waals surface area contributed by atoms with Gasteiger partial charge in [0.1, 0.15) is 5.76 Å². The van der Waals surface area contributed by atoms with Crippen molar-refractivity contribution in [3.63, 3.8) is 0 Å². The number of nitrogens with zero attached hydrogens (tertiary/aromatic N) is 2. The number of carbonyl (C=O) groups excluding carboxylic acids is 1. The maximum Gasteiger partial charge on any atom is 0.274 e. The van der Waals surface area contributed by atoms with Crippen molar-refractivity contribution in [2.75, 3.05) is 0 Å². The molecule has 0 radical (unpaired) electrons. The van der Waals surface area contributed by atoms with Crippen LogP contribution in [-0.2, 0) is 7.05 Å². The molecular weight excluding hydrogens is 282 g/mol. The normalized spacial score (nSPS) is 12.3. The van der Waals surface area contributed by atoms with Gasteiger partial charge in [0.2, 0.25) is 0 Å². The van der Waals surface area contributed by atoms with Gasteiger partial charge < -0.3 is 9.73 Å². The zero-order valence-corrected chi connectivity index (χ0v) is 12.2. The Balaban J connectivity index is 2.01. The molecule has 0 aliphatic heterocycles. The molecule has 6 heteroatoms. The Kier molecular flexibility index (Phi) is 3.50. The van der Waals surface area contributed by atoms with Gasteiger partial charge in [-0.1, -0.05) is 18.2 Å². The molecule has 2 heterocycles. The van der Waals surface area contributed by atoms with Crippen LogP contribution < -0.4 is 10.9 Å². The molecular formula is C16H15N3O3. The second-order valence-corrected chi connectivity index (χ2v) is 5.03. The predicted octanol–water partition coefficient (Wildman–Crippen LogP) is 2.02. The Hall–Kier alpha value is -2.89. The van der Waals surface area contributed by atoms with Crippen molar-refractivity contribution in [3.8, 4) is 0 Å². The molecule has 0 aliphatic rings. The number of aromatic nitrogens is 2. The molecule has 0 saturated carbocycles. The average Bonchev–Trinajstić information content (AvgIpc) is 3.05. The van der Waals surface area contributed by atoms with Crippen LogP contribution in [-0.4, -0.2) is 15.7 Å². The highest BCUT2D eigenvalue weighted by molar-refractivity contribution is 6.04. The lowest BCUT2D eigenvalue weighted by atomic mass is 10.1. The van der Waals surface area contributed by atoms with Gasteiger partial charge in [-0.2, -0.15) is 5.10 Å². The summed E-state index contributed by atoms with van der Waals surface area (Å²) in [5.74, 6) is 0.304. The van der Waals surface area contributed by atoms with E-state index in [0.717, 1.165) is 0 Å². The molecule has 0 saturated heterocycles. The van der Waals surface area contributed by atoms with E-state index >= 15 is 0 Å². The number of rotatable bonds is 3. The van der Waals surface area contributed by atoms with Crippen LogP contribution in [0.15, 0.2) is 51.9 Å². The molecule has 0 spiro atoms. The molecule has 112 valence electrons. The van der Waals surface area contributed by atoms with Crippen LogP contribution in [0, 0.1) is 0 Å². The first kappa shape index (κ1) is 14.1. The van der Waals surface area contributed by atoms with Gasteiger partial charge >= 0.3 is 0 Å². The summed E-state index contributed by atoms with van der Waals surface area (Å²) in [4.78, 5) is 24.6. The fourth-order valence-corrected chi connectivity index (χ4v) is 2.34. The van der Waals surface area contributed by atoms with Crippen molar-refractivity contribution in [1.29, 1.82) is 0 Å². The minimum absolute atomic E-state index is 0.219. The highest BCUT2D eigenvalue weighted by atomic mass is 16.3. The number of fused-ring (bicyclic) bond motifs is 1. The van der Waals surface area contributed by atoms with Gasteiger partial charge in [0.05, 0.1) is 17.7 Å². The van der Waals surface area contributed by atoms with E-state index < -0.39 is 0 Å². The van der Waals surface area contributed by atoms with Crippen molar-refractivity contribution in [2.45, 2.75) is 13.0 Å². The summed E-state index contributed by atoms with van der Waals surface area (Å²) in [5.41, 5.74) is -0.0117. The molecule has 0 bridgehead atoms. The summed E-state index contributed by atoms with van der Waals surface area (Å²) in [5, 5.41) is 7.93. The first-order valence-corrected chi connectivity index (χ1v) is 6.88. The van der Waals surface area contributed by atoms with Gasteiger partial charge in [0.15, 0.2) is 5.69 Å². The molecule has 0 fully saturated rings. The molecule has 3 aromatic rings. The topological polar surface area (TPSA) is 77.1 Å². The number of aryl methyl sites for hydroxylation is 1. The van der Waals surface area contributed by atoms with Crippen LogP contribution in [0.3, 0.4) is 0 Å². The third-order valence-electron chi connectivity index (χ3n) is 3.49.